The topological polar surface area (TPSA) is 90.0 Å². The third kappa shape index (κ3) is 2.98. The quantitative estimate of drug-likeness (QED) is 0.886. The van der Waals surface area contributed by atoms with Gasteiger partial charge in [0, 0.05) is 18.8 Å². The number of sulfonamides is 1. The van der Waals surface area contributed by atoms with Crippen LogP contribution in [-0.4, -0.2) is 24.2 Å². The van der Waals surface area contributed by atoms with E-state index in [1.807, 2.05) is 6.92 Å². The summed E-state index contributed by atoms with van der Waals surface area (Å²) in [7, 11) is -3.61. The molecule has 1 saturated carbocycles. The normalized spacial score (nSPS) is 22.9. The summed E-state index contributed by atoms with van der Waals surface area (Å²) in [6.45, 7) is 6.70. The molecule has 0 spiro atoms. The van der Waals surface area contributed by atoms with Crippen molar-refractivity contribution < 1.29 is 8.42 Å². The molecule has 1 aromatic rings. The Morgan fingerprint density at radius 3 is 2.75 bits per heavy atom. The van der Waals surface area contributed by atoms with Crippen LogP contribution in [0.2, 0.25) is 0 Å². The number of aryl methyl sites for hydroxylation is 1. The van der Waals surface area contributed by atoms with Crippen LogP contribution in [0.5, 0.6) is 0 Å². The Balaban J connectivity index is 2.24. The first-order chi connectivity index (χ1) is 9.26. The maximum Gasteiger partial charge on any atom is 0.246 e. The zero-order valence-electron chi connectivity index (χ0n) is 12.4. The predicted octanol–water partition coefficient (Wildman–Crippen LogP) is 1.73. The molecule has 1 aliphatic rings. The molecule has 1 aromatic heterocycles. The van der Waals surface area contributed by atoms with Crippen molar-refractivity contribution in [2.45, 2.75) is 63.9 Å². The first-order valence-corrected chi connectivity index (χ1v) is 8.60. The van der Waals surface area contributed by atoms with Crippen LogP contribution in [0.15, 0.2) is 11.1 Å². The molecular weight excluding hydrogens is 276 g/mol. The number of nitrogens with one attached hydrogen (secondary N) is 1. The molecule has 2 rings (SSSR count). The van der Waals surface area contributed by atoms with Gasteiger partial charge in [-0.25, -0.2) is 13.1 Å². The molecule has 1 unspecified atom stereocenters. The zero-order chi connectivity index (χ0) is 15.0. The molecule has 0 aromatic carbocycles. The third-order valence-electron chi connectivity index (χ3n) is 4.17. The minimum atomic E-state index is -3.61. The van der Waals surface area contributed by atoms with Crippen LogP contribution >= 0.6 is 0 Å². The SMILES string of the molecule is CCn1cc(S(=O)(=O)NC2CCCCC2(C)C)c(N)n1. The highest BCUT2D eigenvalue weighted by molar-refractivity contribution is 7.89. The molecule has 1 fully saturated rings. The van der Waals surface area contributed by atoms with Crippen molar-refractivity contribution in [1.82, 2.24) is 14.5 Å². The fourth-order valence-corrected chi connectivity index (χ4v) is 4.27. The van der Waals surface area contributed by atoms with Crippen molar-refractivity contribution >= 4 is 15.8 Å². The summed E-state index contributed by atoms with van der Waals surface area (Å²) in [5.74, 6) is 0.0629. The Bertz CT molecular complexity index is 577. The van der Waals surface area contributed by atoms with E-state index in [0.717, 1.165) is 25.7 Å². The van der Waals surface area contributed by atoms with Gasteiger partial charge in [0.1, 0.15) is 4.90 Å². The minimum absolute atomic E-state index is 0.0270. The van der Waals surface area contributed by atoms with Crippen LogP contribution in [-0.2, 0) is 16.6 Å². The van der Waals surface area contributed by atoms with Gasteiger partial charge in [-0.3, -0.25) is 4.68 Å². The number of nitrogens with two attached hydrogens (primary N) is 1. The van der Waals surface area contributed by atoms with Crippen LogP contribution in [0.3, 0.4) is 0 Å². The molecule has 20 heavy (non-hydrogen) atoms. The number of anilines is 1. The van der Waals surface area contributed by atoms with E-state index in [1.54, 1.807) is 0 Å². The zero-order valence-corrected chi connectivity index (χ0v) is 13.2. The molecule has 0 radical (unpaired) electrons. The lowest BCUT2D eigenvalue weighted by atomic mass is 9.74. The molecule has 3 N–H and O–H groups in total. The molecule has 1 aliphatic carbocycles. The molecule has 0 bridgehead atoms. The van der Waals surface area contributed by atoms with E-state index < -0.39 is 10.0 Å². The number of aromatic nitrogens is 2. The largest absolute Gasteiger partial charge is 0.381 e. The summed E-state index contributed by atoms with van der Waals surface area (Å²) >= 11 is 0. The Kier molecular flexibility index (Phi) is 4.11. The Morgan fingerprint density at radius 2 is 2.20 bits per heavy atom. The van der Waals surface area contributed by atoms with E-state index in [-0.39, 0.29) is 22.2 Å². The van der Waals surface area contributed by atoms with Gasteiger partial charge in [-0.1, -0.05) is 26.7 Å². The van der Waals surface area contributed by atoms with Crippen LogP contribution in [0, 0.1) is 5.41 Å². The highest BCUT2D eigenvalue weighted by atomic mass is 32.2. The fourth-order valence-electron chi connectivity index (χ4n) is 2.75. The van der Waals surface area contributed by atoms with E-state index in [4.69, 9.17) is 5.73 Å². The molecule has 114 valence electrons. The lowest BCUT2D eigenvalue weighted by molar-refractivity contribution is 0.188. The average molecular weight is 300 g/mol. The second-order valence-electron chi connectivity index (χ2n) is 6.14. The Hall–Kier alpha value is -1.08. The van der Waals surface area contributed by atoms with Crippen molar-refractivity contribution in [3.8, 4) is 0 Å². The van der Waals surface area contributed by atoms with Gasteiger partial charge < -0.3 is 5.73 Å². The average Bonchev–Trinajstić information content (AvgIpc) is 2.74. The predicted molar refractivity (Wildman–Crippen MR) is 78.7 cm³/mol. The van der Waals surface area contributed by atoms with Gasteiger partial charge >= 0.3 is 0 Å². The van der Waals surface area contributed by atoms with Crippen LogP contribution in [0.1, 0.15) is 46.5 Å². The minimum Gasteiger partial charge on any atom is -0.381 e. The first-order valence-electron chi connectivity index (χ1n) is 7.11. The van der Waals surface area contributed by atoms with Crippen molar-refractivity contribution in [3.05, 3.63) is 6.20 Å². The number of nitrogen functional groups attached to an aromatic ring is 1. The monoisotopic (exact) mass is 300 g/mol. The molecule has 1 atom stereocenters. The van der Waals surface area contributed by atoms with Crippen molar-refractivity contribution in [2.75, 3.05) is 5.73 Å². The van der Waals surface area contributed by atoms with Crippen LogP contribution in [0.4, 0.5) is 5.82 Å². The van der Waals surface area contributed by atoms with Crippen LogP contribution < -0.4 is 10.5 Å². The standard InChI is InChI=1S/C13H24N4O2S/c1-4-17-9-10(12(14)15-17)20(18,19)16-11-7-5-6-8-13(11,2)3/h9,11,16H,4-8H2,1-3H3,(H2,14,15). The molecule has 0 aliphatic heterocycles. The van der Waals surface area contributed by atoms with Crippen LogP contribution in [0.25, 0.3) is 0 Å². The van der Waals surface area contributed by atoms with Gasteiger partial charge in [-0.2, -0.15) is 5.10 Å². The second kappa shape index (κ2) is 5.37. The van der Waals surface area contributed by atoms with Gasteiger partial charge in [0.25, 0.3) is 0 Å². The number of nitrogens with zero attached hydrogens (tertiary/aromatic N) is 2. The lowest BCUT2D eigenvalue weighted by Crippen LogP contribution is -2.46. The van der Waals surface area contributed by atoms with Crippen molar-refractivity contribution in [1.29, 1.82) is 0 Å². The summed E-state index contributed by atoms with van der Waals surface area (Å²) in [5.41, 5.74) is 5.70. The molecule has 0 saturated heterocycles. The maximum atomic E-state index is 12.5. The van der Waals surface area contributed by atoms with Gasteiger partial charge in [-0.15, -0.1) is 0 Å². The third-order valence-corrected chi connectivity index (χ3v) is 5.66. The Labute approximate surface area is 120 Å². The van der Waals surface area contributed by atoms with E-state index in [9.17, 15) is 8.42 Å². The molecule has 1 heterocycles. The number of hydrogen-bond acceptors (Lipinski definition) is 4. The summed E-state index contributed by atoms with van der Waals surface area (Å²) < 4.78 is 29.3. The van der Waals surface area contributed by atoms with E-state index >= 15 is 0 Å². The molecule has 0 amide bonds. The molecule has 7 heteroatoms. The molecule has 6 nitrogen and oxygen atoms in total. The van der Waals surface area contributed by atoms with Crippen molar-refractivity contribution in [2.24, 2.45) is 5.41 Å². The van der Waals surface area contributed by atoms with E-state index in [1.165, 1.54) is 10.9 Å². The second-order valence-corrected chi connectivity index (χ2v) is 7.82. The lowest BCUT2D eigenvalue weighted by Gasteiger charge is -2.38. The highest BCUT2D eigenvalue weighted by Crippen LogP contribution is 2.36. The number of hydrogen-bond donors (Lipinski definition) is 2. The summed E-state index contributed by atoms with van der Waals surface area (Å²) in [5, 5.41) is 4.00. The molecular formula is C13H24N4O2S. The van der Waals surface area contributed by atoms with Gasteiger partial charge in [0.15, 0.2) is 5.82 Å². The first kappa shape index (κ1) is 15.3. The fraction of sp³-hybridized carbons (Fsp3) is 0.769. The van der Waals surface area contributed by atoms with E-state index in [2.05, 4.69) is 23.7 Å². The summed E-state index contributed by atoms with van der Waals surface area (Å²) in [6, 6.07) is -0.0503. The maximum absolute atomic E-state index is 12.5. The summed E-state index contributed by atoms with van der Waals surface area (Å²) in [4.78, 5) is 0.0840. The number of rotatable bonds is 4. The smallest absolute Gasteiger partial charge is 0.246 e. The van der Waals surface area contributed by atoms with Gasteiger partial charge in [0.2, 0.25) is 10.0 Å². The summed E-state index contributed by atoms with van der Waals surface area (Å²) in [6.07, 6.45) is 5.60. The van der Waals surface area contributed by atoms with Gasteiger partial charge in [0.05, 0.1) is 0 Å². The van der Waals surface area contributed by atoms with E-state index in [0.29, 0.717) is 6.54 Å². The van der Waals surface area contributed by atoms with Crippen molar-refractivity contribution in [3.63, 3.8) is 0 Å². The highest BCUT2D eigenvalue weighted by Gasteiger charge is 2.36. The van der Waals surface area contributed by atoms with Gasteiger partial charge in [-0.05, 0) is 25.2 Å². The Morgan fingerprint density at radius 1 is 1.50 bits per heavy atom.